The molecule has 2 rings (SSSR count). The molecule has 22 heavy (non-hydrogen) atoms. The molecule has 2 aromatic rings. The molecule has 0 spiro atoms. The van der Waals surface area contributed by atoms with E-state index in [2.05, 4.69) is 5.10 Å². The van der Waals surface area contributed by atoms with E-state index in [1.807, 2.05) is 0 Å². The first kappa shape index (κ1) is 15.5. The SMILES string of the molecule is Cn1nc(C(=O)O)cc1C(=O)Oc1ccccc1C(F)(F)F. The average Bonchev–Trinajstić information content (AvgIpc) is 2.80. The summed E-state index contributed by atoms with van der Waals surface area (Å²) in [6.07, 6.45) is -4.68. The minimum Gasteiger partial charge on any atom is -0.476 e. The van der Waals surface area contributed by atoms with Crippen molar-refractivity contribution in [3.05, 3.63) is 47.3 Å². The summed E-state index contributed by atoms with van der Waals surface area (Å²) in [5, 5.41) is 12.3. The molecule has 1 aromatic carbocycles. The summed E-state index contributed by atoms with van der Waals surface area (Å²) in [5.74, 6) is -3.18. The highest BCUT2D eigenvalue weighted by Gasteiger charge is 2.35. The molecule has 0 bridgehead atoms. The Bertz CT molecular complexity index is 737. The average molecular weight is 314 g/mol. The van der Waals surface area contributed by atoms with Gasteiger partial charge in [0.1, 0.15) is 11.4 Å². The molecule has 1 N–H and O–H groups in total. The van der Waals surface area contributed by atoms with E-state index in [4.69, 9.17) is 9.84 Å². The van der Waals surface area contributed by atoms with Crippen LogP contribution in [0.5, 0.6) is 5.75 Å². The number of carbonyl (C=O) groups is 2. The maximum atomic E-state index is 12.8. The third kappa shape index (κ3) is 3.08. The molecule has 1 heterocycles. The lowest BCUT2D eigenvalue weighted by molar-refractivity contribution is -0.138. The molecule has 0 atom stereocenters. The number of nitrogens with zero attached hydrogens (tertiary/aromatic N) is 2. The van der Waals surface area contributed by atoms with Gasteiger partial charge < -0.3 is 9.84 Å². The molecule has 9 heteroatoms. The first-order chi connectivity index (χ1) is 10.2. The molecule has 6 nitrogen and oxygen atoms in total. The number of aromatic nitrogens is 2. The van der Waals surface area contributed by atoms with E-state index in [1.54, 1.807) is 0 Å². The third-order valence-electron chi connectivity index (χ3n) is 2.70. The molecule has 116 valence electrons. The number of halogens is 3. The molecule has 0 amide bonds. The lowest BCUT2D eigenvalue weighted by Gasteiger charge is -2.12. The number of alkyl halides is 3. The first-order valence-corrected chi connectivity index (χ1v) is 5.86. The lowest BCUT2D eigenvalue weighted by atomic mass is 10.2. The quantitative estimate of drug-likeness (QED) is 0.695. The number of ether oxygens (including phenoxy) is 1. The van der Waals surface area contributed by atoms with Gasteiger partial charge in [0.25, 0.3) is 0 Å². The Morgan fingerprint density at radius 2 is 1.91 bits per heavy atom. The molecule has 0 fully saturated rings. The number of rotatable bonds is 3. The van der Waals surface area contributed by atoms with Crippen molar-refractivity contribution in [2.45, 2.75) is 6.18 Å². The summed E-state index contributed by atoms with van der Waals surface area (Å²) in [6.45, 7) is 0. The van der Waals surface area contributed by atoms with Crippen LogP contribution in [0.1, 0.15) is 26.5 Å². The molecule has 0 aliphatic heterocycles. The number of hydrogen-bond acceptors (Lipinski definition) is 4. The van der Waals surface area contributed by atoms with E-state index in [0.29, 0.717) is 0 Å². The van der Waals surface area contributed by atoms with Crippen LogP contribution in [0.2, 0.25) is 0 Å². The van der Waals surface area contributed by atoms with Crippen LogP contribution < -0.4 is 4.74 Å². The van der Waals surface area contributed by atoms with E-state index >= 15 is 0 Å². The molecule has 1 aromatic heterocycles. The van der Waals surface area contributed by atoms with Crippen molar-refractivity contribution in [3.8, 4) is 5.75 Å². The summed E-state index contributed by atoms with van der Waals surface area (Å²) in [4.78, 5) is 22.7. The van der Waals surface area contributed by atoms with Crippen LogP contribution in [-0.4, -0.2) is 26.8 Å². The fraction of sp³-hybridized carbons (Fsp3) is 0.154. The second-order valence-electron chi connectivity index (χ2n) is 4.23. The number of benzene rings is 1. The highest BCUT2D eigenvalue weighted by atomic mass is 19.4. The molecular weight excluding hydrogens is 305 g/mol. The van der Waals surface area contributed by atoms with Gasteiger partial charge in [-0.2, -0.15) is 18.3 Å². The number of aromatic carboxylic acids is 1. The summed E-state index contributed by atoms with van der Waals surface area (Å²) >= 11 is 0. The van der Waals surface area contributed by atoms with Gasteiger partial charge in [-0.15, -0.1) is 0 Å². The summed E-state index contributed by atoms with van der Waals surface area (Å²) in [7, 11) is 1.28. The molecule has 0 aliphatic carbocycles. The predicted octanol–water partition coefficient (Wildman–Crippen LogP) is 2.36. The maximum absolute atomic E-state index is 12.8. The van der Waals surface area contributed by atoms with Crippen LogP contribution in [0.4, 0.5) is 13.2 Å². The van der Waals surface area contributed by atoms with Crippen molar-refractivity contribution < 1.29 is 32.6 Å². The normalized spacial score (nSPS) is 11.3. The van der Waals surface area contributed by atoms with E-state index in [9.17, 15) is 22.8 Å². The Kier molecular flexibility index (Phi) is 3.89. The predicted molar refractivity (Wildman–Crippen MR) is 66.6 cm³/mol. The van der Waals surface area contributed by atoms with Crippen molar-refractivity contribution in [1.82, 2.24) is 9.78 Å². The topological polar surface area (TPSA) is 81.4 Å². The summed E-state index contributed by atoms with van der Waals surface area (Å²) in [5.41, 5.74) is -1.81. The van der Waals surface area contributed by atoms with Gasteiger partial charge in [0.15, 0.2) is 5.69 Å². The van der Waals surface area contributed by atoms with Crippen LogP contribution >= 0.6 is 0 Å². The molecule has 0 radical (unpaired) electrons. The standard InChI is InChI=1S/C13H9F3N2O4/c1-18-9(6-8(17-18)11(19)20)12(21)22-10-5-3-2-4-7(10)13(14,15)16/h2-6H,1H3,(H,19,20). The maximum Gasteiger partial charge on any atom is 0.419 e. The minimum absolute atomic E-state index is 0.283. The summed E-state index contributed by atoms with van der Waals surface area (Å²) in [6, 6.07) is 5.13. The largest absolute Gasteiger partial charge is 0.476 e. The molecule has 0 saturated heterocycles. The Labute approximate surface area is 121 Å². The zero-order valence-electron chi connectivity index (χ0n) is 11.1. The Morgan fingerprint density at radius 3 is 2.45 bits per heavy atom. The third-order valence-corrected chi connectivity index (χ3v) is 2.70. The number of hydrogen-bond donors (Lipinski definition) is 1. The van der Waals surface area contributed by atoms with Gasteiger partial charge in [0, 0.05) is 13.1 Å². The van der Waals surface area contributed by atoms with Crippen molar-refractivity contribution >= 4 is 11.9 Å². The van der Waals surface area contributed by atoms with Crippen molar-refractivity contribution in [1.29, 1.82) is 0 Å². The highest BCUT2D eigenvalue weighted by molar-refractivity contribution is 5.93. The van der Waals surface area contributed by atoms with Crippen molar-refractivity contribution in [3.63, 3.8) is 0 Å². The second kappa shape index (κ2) is 5.51. The van der Waals surface area contributed by atoms with E-state index in [-0.39, 0.29) is 5.69 Å². The Morgan fingerprint density at radius 1 is 1.27 bits per heavy atom. The zero-order chi connectivity index (χ0) is 16.5. The number of carboxylic acid groups (broad SMARTS) is 1. The first-order valence-electron chi connectivity index (χ1n) is 5.86. The Balaban J connectivity index is 2.32. The van der Waals surface area contributed by atoms with Gasteiger partial charge in [-0.3, -0.25) is 4.68 Å². The minimum atomic E-state index is -4.68. The smallest absolute Gasteiger partial charge is 0.419 e. The van der Waals surface area contributed by atoms with Crippen molar-refractivity contribution in [2.24, 2.45) is 7.05 Å². The van der Waals surface area contributed by atoms with Gasteiger partial charge in [-0.1, -0.05) is 12.1 Å². The van der Waals surface area contributed by atoms with E-state index in [1.165, 1.54) is 13.1 Å². The van der Waals surface area contributed by atoms with Crippen LogP contribution in [0, 0.1) is 0 Å². The van der Waals surface area contributed by atoms with Gasteiger partial charge in [-0.25, -0.2) is 9.59 Å². The van der Waals surface area contributed by atoms with Crippen LogP contribution in [0.15, 0.2) is 30.3 Å². The highest BCUT2D eigenvalue weighted by Crippen LogP contribution is 2.36. The van der Waals surface area contributed by atoms with Crippen LogP contribution in [0.3, 0.4) is 0 Å². The van der Waals surface area contributed by atoms with Crippen LogP contribution in [-0.2, 0) is 13.2 Å². The van der Waals surface area contributed by atoms with Gasteiger partial charge in [0.05, 0.1) is 5.56 Å². The fourth-order valence-electron chi connectivity index (χ4n) is 1.70. The zero-order valence-corrected chi connectivity index (χ0v) is 11.1. The van der Waals surface area contributed by atoms with E-state index < -0.39 is 35.1 Å². The molecular formula is C13H9F3N2O4. The lowest BCUT2D eigenvalue weighted by Crippen LogP contribution is -2.16. The fourth-order valence-corrected chi connectivity index (χ4v) is 1.70. The van der Waals surface area contributed by atoms with Gasteiger partial charge in [-0.05, 0) is 12.1 Å². The number of esters is 1. The monoisotopic (exact) mass is 314 g/mol. The molecule has 0 saturated carbocycles. The van der Waals surface area contributed by atoms with E-state index in [0.717, 1.165) is 28.9 Å². The number of aryl methyl sites for hydroxylation is 1. The van der Waals surface area contributed by atoms with Crippen LogP contribution in [0.25, 0.3) is 0 Å². The second-order valence-corrected chi connectivity index (χ2v) is 4.23. The van der Waals surface area contributed by atoms with Crippen molar-refractivity contribution in [2.75, 3.05) is 0 Å². The summed E-state index contributed by atoms with van der Waals surface area (Å²) < 4.78 is 44.0. The number of carbonyl (C=O) groups excluding carboxylic acids is 1. The van der Waals surface area contributed by atoms with Gasteiger partial charge >= 0.3 is 18.1 Å². The number of para-hydroxylation sites is 1. The Hall–Kier alpha value is -2.84. The van der Waals surface area contributed by atoms with Gasteiger partial charge in [0.2, 0.25) is 0 Å². The molecule has 0 aliphatic rings. The molecule has 0 unspecified atom stereocenters. The number of carboxylic acids is 1.